The van der Waals surface area contributed by atoms with E-state index in [1.807, 2.05) is 0 Å². The van der Waals surface area contributed by atoms with Crippen LogP contribution in [-0.4, -0.2) is 67.9 Å². The molecule has 0 rings (SSSR count). The number of ether oxygens (including phenoxy) is 1. The molecule has 0 aliphatic rings. The Bertz CT molecular complexity index is 287. The van der Waals surface area contributed by atoms with Crippen LogP contribution in [0.2, 0.25) is 0 Å². The third-order valence-corrected chi connectivity index (χ3v) is 2.91. The minimum atomic E-state index is -1.06. The van der Waals surface area contributed by atoms with E-state index in [-0.39, 0.29) is 13.0 Å². The van der Waals surface area contributed by atoms with Crippen molar-refractivity contribution in [1.82, 2.24) is 15.5 Å². The van der Waals surface area contributed by atoms with E-state index in [2.05, 4.69) is 29.4 Å². The first kappa shape index (κ1) is 18.7. The average molecular weight is 289 g/mol. The largest absolute Gasteiger partial charge is 0.480 e. The maximum atomic E-state index is 11.6. The summed E-state index contributed by atoms with van der Waals surface area (Å²) in [6.07, 6.45) is 1.31. The van der Waals surface area contributed by atoms with Crippen LogP contribution in [0.5, 0.6) is 0 Å². The zero-order valence-corrected chi connectivity index (χ0v) is 12.6. The van der Waals surface area contributed by atoms with Gasteiger partial charge >= 0.3 is 12.0 Å². The first-order valence-corrected chi connectivity index (χ1v) is 7.03. The van der Waals surface area contributed by atoms with E-state index < -0.39 is 18.0 Å². The molecule has 2 amide bonds. The lowest BCUT2D eigenvalue weighted by molar-refractivity contribution is -0.139. The summed E-state index contributed by atoms with van der Waals surface area (Å²) in [5.41, 5.74) is 0. The van der Waals surface area contributed by atoms with Gasteiger partial charge in [0.15, 0.2) is 0 Å². The number of amides is 2. The fourth-order valence-electron chi connectivity index (χ4n) is 1.77. The normalized spacial score (nSPS) is 12.2. The molecule has 0 heterocycles. The molecule has 0 saturated carbocycles. The molecule has 0 radical (unpaired) electrons. The summed E-state index contributed by atoms with van der Waals surface area (Å²) in [4.78, 5) is 24.8. The smallest absolute Gasteiger partial charge is 0.326 e. The Morgan fingerprint density at radius 3 is 2.50 bits per heavy atom. The van der Waals surface area contributed by atoms with Gasteiger partial charge in [0.25, 0.3) is 0 Å². The molecule has 20 heavy (non-hydrogen) atoms. The molecule has 7 nitrogen and oxygen atoms in total. The number of aliphatic carboxylic acids is 1. The number of carboxylic acids is 1. The number of carboxylic acid groups (broad SMARTS) is 1. The van der Waals surface area contributed by atoms with E-state index in [1.54, 1.807) is 0 Å². The fourth-order valence-corrected chi connectivity index (χ4v) is 1.77. The Hall–Kier alpha value is -1.34. The number of urea groups is 1. The van der Waals surface area contributed by atoms with E-state index in [9.17, 15) is 9.59 Å². The van der Waals surface area contributed by atoms with Gasteiger partial charge < -0.3 is 25.4 Å². The van der Waals surface area contributed by atoms with Crippen molar-refractivity contribution in [3.63, 3.8) is 0 Å². The van der Waals surface area contributed by atoms with Crippen LogP contribution >= 0.6 is 0 Å². The quantitative estimate of drug-likeness (QED) is 0.515. The van der Waals surface area contributed by atoms with E-state index in [1.165, 1.54) is 7.11 Å². The number of nitrogens with one attached hydrogen (secondary N) is 2. The molecule has 0 spiro atoms. The molecule has 0 aromatic heterocycles. The zero-order chi connectivity index (χ0) is 15.4. The Morgan fingerprint density at radius 2 is 2.00 bits per heavy atom. The van der Waals surface area contributed by atoms with E-state index >= 15 is 0 Å². The van der Waals surface area contributed by atoms with Crippen molar-refractivity contribution in [3.8, 4) is 0 Å². The number of methoxy groups -OCH3 is 1. The van der Waals surface area contributed by atoms with Gasteiger partial charge in [0, 0.05) is 33.2 Å². The third kappa shape index (κ3) is 8.71. The molecule has 0 aromatic carbocycles. The fraction of sp³-hybridized carbons (Fsp3) is 0.846. The zero-order valence-electron chi connectivity index (χ0n) is 12.6. The van der Waals surface area contributed by atoms with Crippen LogP contribution in [0.15, 0.2) is 0 Å². The summed E-state index contributed by atoms with van der Waals surface area (Å²) in [6, 6.07) is -1.38. The van der Waals surface area contributed by atoms with Gasteiger partial charge in [0.1, 0.15) is 6.04 Å². The molecule has 0 bridgehead atoms. The van der Waals surface area contributed by atoms with Crippen molar-refractivity contribution in [1.29, 1.82) is 0 Å². The lowest BCUT2D eigenvalue weighted by Gasteiger charge is -2.20. The first-order valence-electron chi connectivity index (χ1n) is 7.03. The molecule has 1 unspecified atom stereocenters. The second kappa shape index (κ2) is 11.5. The Balaban J connectivity index is 3.97. The summed E-state index contributed by atoms with van der Waals surface area (Å²) >= 11 is 0. The van der Waals surface area contributed by atoms with E-state index in [0.717, 1.165) is 26.1 Å². The number of likely N-dealkylation sites (N-methyl/N-ethyl adjacent to an activating group) is 1. The molecule has 0 aromatic rings. The van der Waals surface area contributed by atoms with Crippen molar-refractivity contribution in [2.75, 3.05) is 39.9 Å². The summed E-state index contributed by atoms with van der Waals surface area (Å²) in [5, 5.41) is 14.1. The molecule has 1 atom stereocenters. The number of hydrogen-bond acceptors (Lipinski definition) is 4. The van der Waals surface area contributed by atoms with Crippen molar-refractivity contribution in [2.24, 2.45) is 0 Å². The maximum absolute atomic E-state index is 11.6. The lowest BCUT2D eigenvalue weighted by atomic mass is 10.2. The second-order valence-electron chi connectivity index (χ2n) is 4.51. The van der Waals surface area contributed by atoms with Crippen LogP contribution in [0.4, 0.5) is 4.79 Å². The van der Waals surface area contributed by atoms with Gasteiger partial charge in [-0.2, -0.15) is 0 Å². The number of hydrogen-bond donors (Lipinski definition) is 3. The van der Waals surface area contributed by atoms with E-state index in [4.69, 9.17) is 9.84 Å². The number of carbonyl (C=O) groups is 2. The Labute approximate surface area is 120 Å². The molecule has 3 N–H and O–H groups in total. The second-order valence-corrected chi connectivity index (χ2v) is 4.51. The number of carbonyl (C=O) groups excluding carboxylic acids is 1. The maximum Gasteiger partial charge on any atom is 0.326 e. The molecule has 0 fully saturated rings. The van der Waals surface area contributed by atoms with Crippen LogP contribution in [-0.2, 0) is 9.53 Å². The lowest BCUT2D eigenvalue weighted by Crippen LogP contribution is -2.48. The average Bonchev–Trinajstić information content (AvgIpc) is 2.42. The van der Waals surface area contributed by atoms with Crippen LogP contribution in [0.3, 0.4) is 0 Å². The van der Waals surface area contributed by atoms with Crippen LogP contribution in [0.1, 0.15) is 26.7 Å². The minimum absolute atomic E-state index is 0.246. The highest BCUT2D eigenvalue weighted by molar-refractivity contribution is 5.82. The number of nitrogens with zero attached hydrogens (tertiary/aromatic N) is 1. The van der Waals surface area contributed by atoms with Crippen molar-refractivity contribution < 1.29 is 19.4 Å². The molecule has 0 saturated heterocycles. The highest BCUT2D eigenvalue weighted by atomic mass is 16.5. The topological polar surface area (TPSA) is 90.9 Å². The molecular formula is C13H27N3O4. The van der Waals surface area contributed by atoms with Gasteiger partial charge in [-0.1, -0.05) is 13.8 Å². The standard InChI is InChI=1S/C13H27N3O4/c1-4-8-16(5-2)9-7-14-13(19)15-11(12(17)18)6-10-20-3/h11H,4-10H2,1-3H3,(H,17,18)(H2,14,15,19). The summed E-state index contributed by atoms with van der Waals surface area (Å²) in [5.74, 6) is -1.06. The molecular weight excluding hydrogens is 262 g/mol. The molecule has 0 aliphatic heterocycles. The van der Waals surface area contributed by atoms with Crippen LogP contribution < -0.4 is 10.6 Å². The van der Waals surface area contributed by atoms with Crippen LogP contribution in [0, 0.1) is 0 Å². The van der Waals surface area contributed by atoms with Gasteiger partial charge in [-0.25, -0.2) is 9.59 Å². The molecule has 0 aliphatic carbocycles. The number of rotatable bonds is 11. The minimum Gasteiger partial charge on any atom is -0.480 e. The summed E-state index contributed by atoms with van der Waals surface area (Å²) < 4.78 is 4.82. The SMILES string of the molecule is CCCN(CC)CCNC(=O)NC(CCOC)C(=O)O. The van der Waals surface area contributed by atoms with Gasteiger partial charge in [-0.15, -0.1) is 0 Å². The monoisotopic (exact) mass is 289 g/mol. The Morgan fingerprint density at radius 1 is 1.30 bits per heavy atom. The summed E-state index contributed by atoms with van der Waals surface area (Å²) in [7, 11) is 1.49. The molecule has 118 valence electrons. The van der Waals surface area contributed by atoms with Crippen LogP contribution in [0.25, 0.3) is 0 Å². The van der Waals surface area contributed by atoms with E-state index in [0.29, 0.717) is 6.54 Å². The van der Waals surface area contributed by atoms with Gasteiger partial charge in [0.2, 0.25) is 0 Å². The first-order chi connectivity index (χ1) is 9.54. The predicted octanol–water partition coefficient (Wildman–Crippen LogP) is 0.507. The summed E-state index contributed by atoms with van der Waals surface area (Å²) in [6.45, 7) is 7.65. The van der Waals surface area contributed by atoms with Gasteiger partial charge in [0.05, 0.1) is 0 Å². The van der Waals surface area contributed by atoms with Crippen molar-refractivity contribution >= 4 is 12.0 Å². The highest BCUT2D eigenvalue weighted by Crippen LogP contribution is 1.93. The third-order valence-electron chi connectivity index (χ3n) is 2.91. The van der Waals surface area contributed by atoms with Crippen molar-refractivity contribution in [3.05, 3.63) is 0 Å². The van der Waals surface area contributed by atoms with Crippen molar-refractivity contribution in [2.45, 2.75) is 32.7 Å². The van der Waals surface area contributed by atoms with Gasteiger partial charge in [-0.05, 0) is 19.5 Å². The Kier molecular flexibility index (Phi) is 10.7. The molecule has 7 heteroatoms. The van der Waals surface area contributed by atoms with Gasteiger partial charge in [-0.3, -0.25) is 0 Å². The highest BCUT2D eigenvalue weighted by Gasteiger charge is 2.19. The predicted molar refractivity (Wildman–Crippen MR) is 76.9 cm³/mol.